The number of carbonyl (C=O) groups is 1. The van der Waals surface area contributed by atoms with Crippen LogP contribution in [0.1, 0.15) is 39.0 Å². The number of ether oxygens (including phenoxy) is 1. The van der Waals surface area contributed by atoms with Crippen LogP contribution in [0.15, 0.2) is 12.2 Å². The summed E-state index contributed by atoms with van der Waals surface area (Å²) in [6.45, 7) is 4.82. The molecule has 3 aliphatic carbocycles. The summed E-state index contributed by atoms with van der Waals surface area (Å²) in [6, 6.07) is 0. The molecule has 9 heteroatoms. The second-order valence-electron chi connectivity index (χ2n) is 7.12. The fourth-order valence-corrected chi connectivity index (χ4v) is 3.97. The molecule has 3 aliphatic rings. The van der Waals surface area contributed by atoms with Crippen LogP contribution in [0, 0.1) is 17.8 Å². The average molecular weight is 374 g/mol. The topological polar surface area (TPSA) is 46.5 Å². The normalized spacial score (nSPS) is 30.2. The van der Waals surface area contributed by atoms with Crippen molar-refractivity contribution in [3.05, 3.63) is 12.2 Å². The van der Waals surface area contributed by atoms with Crippen molar-refractivity contribution in [3.63, 3.8) is 0 Å². The van der Waals surface area contributed by atoms with Crippen molar-refractivity contribution < 1.29 is 41.0 Å². The number of hydrogen-bond acceptors (Lipinski definition) is 3. The molecule has 0 heterocycles. The van der Waals surface area contributed by atoms with Crippen LogP contribution in [0.5, 0.6) is 0 Å². The molecule has 25 heavy (non-hydrogen) atoms. The number of esters is 1. The minimum atomic E-state index is -5.83. The fraction of sp³-hybridized carbons (Fsp3) is 0.812. The molecule has 0 aromatic carbocycles. The van der Waals surface area contributed by atoms with Gasteiger partial charge in [-0.05, 0) is 56.8 Å². The van der Waals surface area contributed by atoms with E-state index in [0.29, 0.717) is 19.3 Å². The SMILES string of the molecule is C=C(C)C(=O)OC1CC2CCC1C(CC(O)(C(F)(F)F)C(F)(F)F)C2. The second kappa shape index (κ2) is 6.48. The Hall–Kier alpha value is -1.25. The number of halogens is 6. The molecule has 1 N–H and O–H groups in total. The number of aliphatic hydroxyl groups is 1. The van der Waals surface area contributed by atoms with Gasteiger partial charge < -0.3 is 9.84 Å². The third kappa shape index (κ3) is 3.80. The van der Waals surface area contributed by atoms with E-state index < -0.39 is 48.3 Å². The minimum Gasteiger partial charge on any atom is -0.459 e. The molecule has 0 aliphatic heterocycles. The summed E-state index contributed by atoms with van der Waals surface area (Å²) >= 11 is 0. The van der Waals surface area contributed by atoms with E-state index in [1.165, 1.54) is 6.92 Å². The van der Waals surface area contributed by atoms with Gasteiger partial charge in [0.25, 0.3) is 5.60 Å². The lowest BCUT2D eigenvalue weighted by Crippen LogP contribution is -2.59. The van der Waals surface area contributed by atoms with Crippen LogP contribution in [-0.4, -0.2) is 35.1 Å². The average Bonchev–Trinajstić information content (AvgIpc) is 2.45. The largest absolute Gasteiger partial charge is 0.459 e. The van der Waals surface area contributed by atoms with E-state index in [0.717, 1.165) is 0 Å². The summed E-state index contributed by atoms with van der Waals surface area (Å²) in [4.78, 5) is 11.7. The van der Waals surface area contributed by atoms with Crippen LogP contribution in [0.3, 0.4) is 0 Å². The highest BCUT2D eigenvalue weighted by Gasteiger charge is 2.71. The Morgan fingerprint density at radius 2 is 1.68 bits per heavy atom. The van der Waals surface area contributed by atoms with Gasteiger partial charge >= 0.3 is 18.3 Å². The summed E-state index contributed by atoms with van der Waals surface area (Å²) in [5.41, 5.74) is -4.65. The molecule has 0 saturated heterocycles. The highest BCUT2D eigenvalue weighted by atomic mass is 19.4. The maximum absolute atomic E-state index is 12.9. The first-order valence-corrected chi connectivity index (χ1v) is 7.98. The highest BCUT2D eigenvalue weighted by molar-refractivity contribution is 5.87. The van der Waals surface area contributed by atoms with Crippen molar-refractivity contribution in [2.75, 3.05) is 0 Å². The van der Waals surface area contributed by atoms with Gasteiger partial charge in [-0.1, -0.05) is 6.58 Å². The lowest BCUT2D eigenvalue weighted by molar-refractivity contribution is -0.375. The highest BCUT2D eigenvalue weighted by Crippen LogP contribution is 2.54. The van der Waals surface area contributed by atoms with Crippen molar-refractivity contribution in [2.45, 2.75) is 63.1 Å². The van der Waals surface area contributed by atoms with Gasteiger partial charge in [0.15, 0.2) is 0 Å². The quantitative estimate of drug-likeness (QED) is 0.457. The van der Waals surface area contributed by atoms with Gasteiger partial charge in [-0.15, -0.1) is 0 Å². The Kier molecular flexibility index (Phi) is 5.20. The van der Waals surface area contributed by atoms with E-state index >= 15 is 0 Å². The molecule has 2 bridgehead atoms. The third-order valence-corrected chi connectivity index (χ3v) is 5.30. The molecule has 0 aromatic heterocycles. The zero-order chi connectivity index (χ0) is 19.2. The molecule has 3 saturated carbocycles. The Labute approximate surface area is 141 Å². The van der Waals surface area contributed by atoms with Crippen molar-refractivity contribution in [2.24, 2.45) is 17.8 Å². The van der Waals surface area contributed by atoms with Crippen molar-refractivity contribution >= 4 is 5.97 Å². The van der Waals surface area contributed by atoms with E-state index in [-0.39, 0.29) is 17.9 Å². The van der Waals surface area contributed by atoms with Crippen molar-refractivity contribution in [3.8, 4) is 0 Å². The Bertz CT molecular complexity index is 525. The van der Waals surface area contributed by atoms with E-state index in [4.69, 9.17) is 4.74 Å². The molecular weight excluding hydrogens is 354 g/mol. The molecule has 144 valence electrons. The molecule has 4 atom stereocenters. The summed E-state index contributed by atoms with van der Waals surface area (Å²) in [5.74, 6) is -2.49. The van der Waals surface area contributed by atoms with E-state index in [1.807, 2.05) is 0 Å². The molecule has 4 unspecified atom stereocenters. The van der Waals surface area contributed by atoms with Gasteiger partial charge in [-0.3, -0.25) is 0 Å². The smallest absolute Gasteiger partial charge is 0.426 e. The molecule has 3 nitrogen and oxygen atoms in total. The molecule has 0 radical (unpaired) electrons. The molecule has 0 aromatic rings. The lowest BCUT2D eigenvalue weighted by Gasteiger charge is -2.49. The van der Waals surface area contributed by atoms with E-state index in [9.17, 15) is 36.2 Å². The van der Waals surface area contributed by atoms with Gasteiger partial charge in [-0.25, -0.2) is 4.79 Å². The van der Waals surface area contributed by atoms with Gasteiger partial charge in [0, 0.05) is 5.57 Å². The second-order valence-corrected chi connectivity index (χ2v) is 7.12. The summed E-state index contributed by atoms with van der Waals surface area (Å²) in [6.07, 6.45) is -12.3. The summed E-state index contributed by atoms with van der Waals surface area (Å²) in [5, 5.41) is 9.45. The first kappa shape index (κ1) is 20.1. The first-order valence-electron chi connectivity index (χ1n) is 7.98. The Morgan fingerprint density at radius 3 is 2.12 bits per heavy atom. The third-order valence-electron chi connectivity index (χ3n) is 5.30. The van der Waals surface area contributed by atoms with E-state index in [2.05, 4.69) is 6.58 Å². The number of fused-ring (bicyclic) bond motifs is 3. The number of hydrogen-bond donors (Lipinski definition) is 1. The standard InChI is InChI=1S/C16H20F6O3/c1-8(2)13(23)25-12-6-9-3-4-11(12)10(5-9)7-14(24,15(17,18)19)16(20,21)22/h9-12,24H,1,3-7H2,2H3. The maximum Gasteiger partial charge on any atom is 0.426 e. The van der Waals surface area contributed by atoms with Gasteiger partial charge in [0.1, 0.15) is 6.10 Å². The zero-order valence-electron chi connectivity index (χ0n) is 13.6. The molecule has 3 fully saturated rings. The minimum absolute atomic E-state index is 0.111. The number of rotatable bonds is 4. The van der Waals surface area contributed by atoms with Gasteiger partial charge in [-0.2, -0.15) is 26.3 Å². The van der Waals surface area contributed by atoms with Crippen LogP contribution in [-0.2, 0) is 9.53 Å². The summed E-state index contributed by atoms with van der Waals surface area (Å²) < 4.78 is 82.9. The monoisotopic (exact) mass is 374 g/mol. The van der Waals surface area contributed by atoms with Crippen LogP contribution in [0.4, 0.5) is 26.3 Å². The Balaban J connectivity index is 2.21. The predicted molar refractivity (Wildman–Crippen MR) is 75.3 cm³/mol. The van der Waals surface area contributed by atoms with Crippen molar-refractivity contribution in [1.82, 2.24) is 0 Å². The van der Waals surface area contributed by atoms with Crippen molar-refractivity contribution in [1.29, 1.82) is 0 Å². The van der Waals surface area contributed by atoms with Crippen LogP contribution >= 0.6 is 0 Å². The van der Waals surface area contributed by atoms with Crippen LogP contribution in [0.25, 0.3) is 0 Å². The number of carbonyl (C=O) groups excluding carboxylic acids is 1. The molecule has 3 rings (SSSR count). The molecular formula is C16H20F6O3. The molecule has 0 spiro atoms. The Morgan fingerprint density at radius 1 is 1.12 bits per heavy atom. The first-order chi connectivity index (χ1) is 11.3. The lowest BCUT2D eigenvalue weighted by atomic mass is 9.60. The van der Waals surface area contributed by atoms with Gasteiger partial charge in [0.05, 0.1) is 0 Å². The maximum atomic E-state index is 12.9. The fourth-order valence-electron chi connectivity index (χ4n) is 3.97. The predicted octanol–water partition coefficient (Wildman–Crippen LogP) is 4.16. The summed E-state index contributed by atoms with van der Waals surface area (Å²) in [7, 11) is 0. The molecule has 0 amide bonds. The zero-order valence-corrected chi connectivity index (χ0v) is 13.6. The number of alkyl halides is 6. The van der Waals surface area contributed by atoms with Gasteiger partial charge in [0.2, 0.25) is 0 Å². The van der Waals surface area contributed by atoms with Crippen LogP contribution < -0.4 is 0 Å². The van der Waals surface area contributed by atoms with E-state index in [1.54, 1.807) is 0 Å². The van der Waals surface area contributed by atoms with Crippen LogP contribution in [0.2, 0.25) is 0 Å².